The van der Waals surface area contributed by atoms with Crippen LogP contribution in [-0.4, -0.2) is 54.7 Å². The Morgan fingerprint density at radius 1 is 1.45 bits per heavy atom. The van der Waals surface area contributed by atoms with E-state index in [1.165, 1.54) is 22.8 Å². The number of sulfonamides is 1. The van der Waals surface area contributed by atoms with Gasteiger partial charge in [-0.15, -0.1) is 0 Å². The number of methoxy groups -OCH3 is 1. The molecule has 1 aliphatic heterocycles. The molecule has 0 N–H and O–H groups in total. The Morgan fingerprint density at radius 2 is 2.27 bits per heavy atom. The molecular formula is C13H16N4O4S. The van der Waals surface area contributed by atoms with Gasteiger partial charge in [0, 0.05) is 39.0 Å². The molecule has 0 saturated carbocycles. The minimum atomic E-state index is -3.49. The van der Waals surface area contributed by atoms with Crippen molar-refractivity contribution in [3.8, 4) is 0 Å². The molecule has 0 radical (unpaired) electrons. The smallest absolute Gasteiger partial charge is 0.244 e. The minimum Gasteiger partial charge on any atom is -0.384 e. The van der Waals surface area contributed by atoms with Gasteiger partial charge in [0.05, 0.1) is 12.5 Å². The largest absolute Gasteiger partial charge is 0.384 e. The molecule has 0 atom stereocenters. The van der Waals surface area contributed by atoms with E-state index in [9.17, 15) is 8.42 Å². The van der Waals surface area contributed by atoms with Crippen LogP contribution in [0.1, 0.15) is 17.6 Å². The van der Waals surface area contributed by atoms with E-state index in [2.05, 4.69) is 15.1 Å². The summed E-state index contributed by atoms with van der Waals surface area (Å²) in [4.78, 5) is 8.30. The van der Waals surface area contributed by atoms with Crippen LogP contribution in [0, 0.1) is 0 Å². The fraction of sp³-hybridized carbons (Fsp3) is 0.462. The molecule has 1 fully saturated rings. The van der Waals surface area contributed by atoms with Crippen molar-refractivity contribution in [2.45, 2.75) is 17.2 Å². The monoisotopic (exact) mass is 324 g/mol. The van der Waals surface area contributed by atoms with Crippen molar-refractivity contribution in [1.82, 2.24) is 19.4 Å². The molecule has 0 unspecified atom stereocenters. The van der Waals surface area contributed by atoms with Gasteiger partial charge in [-0.2, -0.15) is 9.29 Å². The summed E-state index contributed by atoms with van der Waals surface area (Å²) in [7, 11) is -1.88. The van der Waals surface area contributed by atoms with Gasteiger partial charge in [0.2, 0.25) is 15.9 Å². The SMILES string of the molecule is COCCc1noc(C2CN(S(=O)(=O)c3cccnc3)C2)n1. The second-order valence-electron chi connectivity index (χ2n) is 5.00. The summed E-state index contributed by atoms with van der Waals surface area (Å²) < 4.78 is 36.2. The Labute approximate surface area is 128 Å². The molecule has 8 nitrogen and oxygen atoms in total. The molecule has 3 rings (SSSR count). The van der Waals surface area contributed by atoms with Gasteiger partial charge in [-0.05, 0) is 12.1 Å². The number of hydrogen-bond acceptors (Lipinski definition) is 7. The first kappa shape index (κ1) is 15.1. The molecule has 0 amide bonds. The van der Waals surface area contributed by atoms with Gasteiger partial charge in [0.15, 0.2) is 5.82 Å². The van der Waals surface area contributed by atoms with Crippen LogP contribution in [0.25, 0.3) is 0 Å². The van der Waals surface area contributed by atoms with Crippen LogP contribution in [0.2, 0.25) is 0 Å². The topological polar surface area (TPSA) is 98.4 Å². The second-order valence-corrected chi connectivity index (χ2v) is 6.94. The lowest BCUT2D eigenvalue weighted by Gasteiger charge is -2.35. The maximum atomic E-state index is 12.3. The van der Waals surface area contributed by atoms with E-state index in [-0.39, 0.29) is 10.8 Å². The molecule has 2 aromatic heterocycles. The number of pyridine rings is 1. The summed E-state index contributed by atoms with van der Waals surface area (Å²) in [6, 6.07) is 3.13. The molecular weight excluding hydrogens is 308 g/mol. The summed E-state index contributed by atoms with van der Waals surface area (Å²) >= 11 is 0. The van der Waals surface area contributed by atoms with Crippen LogP contribution in [-0.2, 0) is 21.2 Å². The van der Waals surface area contributed by atoms with E-state index >= 15 is 0 Å². The van der Waals surface area contributed by atoms with Gasteiger partial charge in [0.1, 0.15) is 4.90 Å². The lowest BCUT2D eigenvalue weighted by Crippen LogP contribution is -2.48. The van der Waals surface area contributed by atoms with E-state index in [1.54, 1.807) is 13.2 Å². The lowest BCUT2D eigenvalue weighted by atomic mass is 10.0. The standard InChI is InChI=1S/C13H16N4O4S/c1-20-6-4-12-15-13(21-16-12)10-8-17(9-10)22(18,19)11-3-2-5-14-7-11/h2-3,5,7,10H,4,6,8-9H2,1H3. The molecule has 9 heteroatoms. The highest BCUT2D eigenvalue weighted by Crippen LogP contribution is 2.30. The third-order valence-electron chi connectivity index (χ3n) is 3.48. The molecule has 1 saturated heterocycles. The summed E-state index contributed by atoms with van der Waals surface area (Å²) in [6.07, 6.45) is 3.46. The van der Waals surface area contributed by atoms with Crippen LogP contribution < -0.4 is 0 Å². The van der Waals surface area contributed by atoms with E-state index in [0.29, 0.717) is 37.8 Å². The Morgan fingerprint density at radius 3 is 2.95 bits per heavy atom. The zero-order valence-electron chi connectivity index (χ0n) is 12.0. The molecule has 2 aromatic rings. The van der Waals surface area contributed by atoms with Crippen LogP contribution >= 0.6 is 0 Å². The molecule has 118 valence electrons. The molecule has 0 aliphatic carbocycles. The lowest BCUT2D eigenvalue weighted by molar-refractivity contribution is 0.199. The average Bonchev–Trinajstić information content (AvgIpc) is 2.92. The molecule has 0 aromatic carbocycles. The molecule has 0 spiro atoms. The highest BCUT2D eigenvalue weighted by atomic mass is 32.2. The van der Waals surface area contributed by atoms with Gasteiger partial charge in [-0.3, -0.25) is 4.98 Å². The summed E-state index contributed by atoms with van der Waals surface area (Å²) in [5.41, 5.74) is 0. The van der Waals surface area contributed by atoms with Crippen LogP contribution in [0.4, 0.5) is 0 Å². The Kier molecular flexibility index (Phi) is 4.19. The highest BCUT2D eigenvalue weighted by Gasteiger charge is 2.40. The summed E-state index contributed by atoms with van der Waals surface area (Å²) in [5.74, 6) is 0.990. The first-order valence-electron chi connectivity index (χ1n) is 6.83. The fourth-order valence-electron chi connectivity index (χ4n) is 2.17. The Bertz CT molecular complexity index is 726. The van der Waals surface area contributed by atoms with Crippen LogP contribution in [0.5, 0.6) is 0 Å². The van der Waals surface area contributed by atoms with Crippen LogP contribution in [0.15, 0.2) is 33.9 Å². The van der Waals surface area contributed by atoms with Gasteiger partial charge in [0.25, 0.3) is 0 Å². The van der Waals surface area contributed by atoms with E-state index in [0.717, 1.165) is 0 Å². The fourth-order valence-corrected chi connectivity index (χ4v) is 3.66. The number of nitrogens with zero attached hydrogens (tertiary/aromatic N) is 4. The average molecular weight is 324 g/mol. The highest BCUT2D eigenvalue weighted by molar-refractivity contribution is 7.89. The second kappa shape index (κ2) is 6.11. The van der Waals surface area contributed by atoms with E-state index in [4.69, 9.17) is 9.26 Å². The Balaban J connectivity index is 1.63. The maximum absolute atomic E-state index is 12.3. The third-order valence-corrected chi connectivity index (χ3v) is 5.30. The molecule has 3 heterocycles. The third kappa shape index (κ3) is 2.87. The van der Waals surface area contributed by atoms with Gasteiger partial charge >= 0.3 is 0 Å². The number of hydrogen-bond donors (Lipinski definition) is 0. The van der Waals surface area contributed by atoms with Gasteiger partial charge in [-0.25, -0.2) is 8.42 Å². The van der Waals surface area contributed by atoms with Crippen molar-refractivity contribution in [2.24, 2.45) is 0 Å². The normalized spacial score (nSPS) is 16.6. The summed E-state index contributed by atoms with van der Waals surface area (Å²) in [5, 5.41) is 3.86. The zero-order valence-corrected chi connectivity index (χ0v) is 12.9. The molecule has 1 aliphatic rings. The van der Waals surface area contributed by atoms with Crippen molar-refractivity contribution in [3.05, 3.63) is 36.2 Å². The molecule has 22 heavy (non-hydrogen) atoms. The maximum Gasteiger partial charge on any atom is 0.244 e. The van der Waals surface area contributed by atoms with E-state index in [1.807, 2.05) is 0 Å². The zero-order chi connectivity index (χ0) is 15.6. The van der Waals surface area contributed by atoms with Gasteiger partial charge in [-0.1, -0.05) is 5.16 Å². The quantitative estimate of drug-likeness (QED) is 0.760. The number of aromatic nitrogens is 3. The Hall–Kier alpha value is -1.84. The predicted molar refractivity (Wildman–Crippen MR) is 75.6 cm³/mol. The number of ether oxygens (including phenoxy) is 1. The van der Waals surface area contributed by atoms with Crippen molar-refractivity contribution in [2.75, 3.05) is 26.8 Å². The van der Waals surface area contributed by atoms with Crippen molar-refractivity contribution < 1.29 is 17.7 Å². The minimum absolute atomic E-state index is 0.0600. The summed E-state index contributed by atoms with van der Waals surface area (Å²) in [6.45, 7) is 1.19. The first-order valence-corrected chi connectivity index (χ1v) is 8.27. The van der Waals surface area contributed by atoms with Crippen molar-refractivity contribution in [3.63, 3.8) is 0 Å². The predicted octanol–water partition coefficient (Wildman–Crippen LogP) is 0.442. The van der Waals surface area contributed by atoms with Crippen molar-refractivity contribution in [1.29, 1.82) is 0 Å². The van der Waals surface area contributed by atoms with Crippen LogP contribution in [0.3, 0.4) is 0 Å². The first-order chi connectivity index (χ1) is 10.6. The number of rotatable bonds is 6. The molecule has 0 bridgehead atoms. The van der Waals surface area contributed by atoms with Gasteiger partial charge < -0.3 is 9.26 Å². The van der Waals surface area contributed by atoms with Crippen molar-refractivity contribution >= 4 is 10.0 Å². The van der Waals surface area contributed by atoms with E-state index < -0.39 is 10.0 Å².